The lowest BCUT2D eigenvalue weighted by Gasteiger charge is -2.32. The van der Waals surface area contributed by atoms with Crippen LogP contribution < -0.4 is 0 Å². The molecule has 13 aromatic rings. The minimum Gasteiger partial charge on any atom is -0.308 e. The molecule has 0 amide bonds. The molecular weight excluding hydrogens is 827 g/mol. The molecule has 0 saturated carbocycles. The van der Waals surface area contributed by atoms with Crippen LogP contribution >= 0.6 is 22.7 Å². The van der Waals surface area contributed by atoms with Gasteiger partial charge in [-0.2, -0.15) is 0 Å². The van der Waals surface area contributed by atoms with Gasteiger partial charge in [0.2, 0.25) is 0 Å². The molecule has 64 heavy (non-hydrogen) atoms. The molecule has 4 aromatic heterocycles. The minimum atomic E-state index is -0.465. The van der Waals surface area contributed by atoms with Crippen LogP contribution in [0.1, 0.15) is 26.3 Å². The third-order valence-corrected chi connectivity index (χ3v) is 15.6. The Bertz CT molecular complexity index is 3810. The lowest BCUT2D eigenvalue weighted by Crippen LogP contribution is -2.18. The van der Waals surface area contributed by atoms with Crippen molar-refractivity contribution in [3.8, 4) is 33.6 Å². The summed E-state index contributed by atoms with van der Waals surface area (Å²) in [4.78, 5) is 0. The van der Waals surface area contributed by atoms with E-state index in [2.05, 4.69) is 157 Å². The van der Waals surface area contributed by atoms with Gasteiger partial charge in [-0.25, -0.2) is 8.78 Å². The molecule has 6 heteroatoms. The van der Waals surface area contributed by atoms with Crippen LogP contribution in [0.3, 0.4) is 0 Å². The normalized spacial score (nSPS) is 12.5. The second-order valence-corrected chi connectivity index (χ2v) is 20.0. The molecule has 9 aromatic carbocycles. The first-order valence-electron chi connectivity index (χ1n) is 21.6. The van der Waals surface area contributed by atoms with E-state index in [1.807, 2.05) is 46.9 Å². The van der Waals surface area contributed by atoms with Crippen molar-refractivity contribution in [3.05, 3.63) is 193 Å². The van der Waals surface area contributed by atoms with Gasteiger partial charge in [0.15, 0.2) is 0 Å². The van der Waals surface area contributed by atoms with Crippen molar-refractivity contribution in [2.75, 3.05) is 0 Å². The summed E-state index contributed by atoms with van der Waals surface area (Å²) < 4.78 is 40.0. The van der Waals surface area contributed by atoms with Crippen LogP contribution in [0.5, 0.6) is 0 Å². The zero-order valence-electron chi connectivity index (χ0n) is 35.2. The van der Waals surface area contributed by atoms with E-state index in [9.17, 15) is 0 Å². The number of thiophene rings is 2. The largest absolute Gasteiger partial charge is 0.308 e. The van der Waals surface area contributed by atoms with Crippen molar-refractivity contribution < 1.29 is 8.78 Å². The average Bonchev–Trinajstić information content (AvgIpc) is 4.06. The molecule has 0 aliphatic rings. The zero-order valence-corrected chi connectivity index (χ0v) is 36.8. The maximum Gasteiger partial charge on any atom is 0.123 e. The van der Waals surface area contributed by atoms with Crippen LogP contribution in [0, 0.1) is 11.6 Å². The third kappa shape index (κ3) is 5.33. The highest BCUT2D eigenvalue weighted by Gasteiger charge is 2.32. The molecule has 0 unspecified atom stereocenters. The molecule has 0 aliphatic carbocycles. The highest BCUT2D eigenvalue weighted by Crippen LogP contribution is 2.52. The van der Waals surface area contributed by atoms with E-state index in [-0.39, 0.29) is 11.6 Å². The number of hydrogen-bond acceptors (Lipinski definition) is 2. The Balaban J connectivity index is 1.27. The van der Waals surface area contributed by atoms with Gasteiger partial charge in [0.1, 0.15) is 11.6 Å². The van der Waals surface area contributed by atoms with E-state index in [1.165, 1.54) is 61.9 Å². The van der Waals surface area contributed by atoms with E-state index in [0.717, 1.165) is 61.3 Å². The first kappa shape index (κ1) is 37.4. The fourth-order valence-electron chi connectivity index (χ4n) is 10.6. The fraction of sp³-hybridized carbons (Fsp3) is 0.0690. The van der Waals surface area contributed by atoms with Crippen molar-refractivity contribution in [1.82, 2.24) is 9.13 Å². The molecular formula is C58H38F2N2S2. The van der Waals surface area contributed by atoms with E-state index in [1.54, 1.807) is 24.3 Å². The number of nitrogens with zero attached hydrogens (tertiary/aromatic N) is 2. The number of rotatable bonds is 4. The van der Waals surface area contributed by atoms with Crippen molar-refractivity contribution in [1.29, 1.82) is 0 Å². The number of para-hydroxylation sites is 2. The number of fused-ring (bicyclic) bond motifs is 14. The third-order valence-electron chi connectivity index (χ3n) is 13.1. The van der Waals surface area contributed by atoms with Crippen LogP contribution in [0.15, 0.2) is 176 Å². The van der Waals surface area contributed by atoms with Gasteiger partial charge in [0.25, 0.3) is 0 Å². The quantitative estimate of drug-likeness (QED) is 0.167. The predicted octanol–water partition coefficient (Wildman–Crippen LogP) is 17.5. The van der Waals surface area contributed by atoms with E-state index >= 15 is 8.78 Å². The Kier molecular flexibility index (Phi) is 8.01. The van der Waals surface area contributed by atoms with Gasteiger partial charge in [-0.3, -0.25) is 0 Å². The van der Waals surface area contributed by atoms with Crippen LogP contribution in [-0.2, 0) is 5.41 Å². The molecule has 13 rings (SSSR count). The van der Waals surface area contributed by atoms with Crippen molar-refractivity contribution >= 4 is 107 Å². The Morgan fingerprint density at radius 1 is 0.391 bits per heavy atom. The molecule has 0 spiro atoms. The van der Waals surface area contributed by atoms with E-state index in [4.69, 9.17) is 0 Å². The standard InChI is InChI=1S/C58H38F2N2S2/c1-58(2,3)55-51(33-20-24-35(59)25-21-33)47(61-43-16-8-4-14-41(43)53-45(61)30-28-39-37-12-6-10-18-49(37)63-56(39)53)32-48(52(55)34-22-26-36(60)27-23-34)62-44-17-9-5-15-42(44)54-46(62)31-29-40-38-13-7-11-19-50(38)64-57(40)54/h4-32H,1-3H3. The van der Waals surface area contributed by atoms with Gasteiger partial charge < -0.3 is 9.13 Å². The Morgan fingerprint density at radius 2 is 0.781 bits per heavy atom. The second-order valence-electron chi connectivity index (χ2n) is 17.9. The molecule has 0 N–H and O–H groups in total. The average molecular weight is 865 g/mol. The van der Waals surface area contributed by atoms with Crippen LogP contribution in [0.25, 0.3) is 118 Å². The summed E-state index contributed by atoms with van der Waals surface area (Å²) >= 11 is 3.68. The summed E-state index contributed by atoms with van der Waals surface area (Å²) in [5.74, 6) is -0.584. The highest BCUT2D eigenvalue weighted by molar-refractivity contribution is 7.27. The summed E-state index contributed by atoms with van der Waals surface area (Å²) in [7, 11) is 0. The summed E-state index contributed by atoms with van der Waals surface area (Å²) in [5.41, 5.74) is 10.8. The van der Waals surface area contributed by atoms with Crippen LogP contribution in [-0.4, -0.2) is 9.13 Å². The lowest BCUT2D eigenvalue weighted by molar-refractivity contribution is 0.593. The molecule has 4 heterocycles. The number of benzene rings is 9. The van der Waals surface area contributed by atoms with E-state index < -0.39 is 5.41 Å². The molecule has 0 atom stereocenters. The first-order chi connectivity index (χ1) is 31.2. The van der Waals surface area contributed by atoms with Crippen LogP contribution in [0.2, 0.25) is 0 Å². The summed E-state index contributed by atoms with van der Waals surface area (Å²) in [6.45, 7) is 6.78. The number of halogens is 2. The van der Waals surface area contributed by atoms with E-state index in [0.29, 0.717) is 0 Å². The van der Waals surface area contributed by atoms with Crippen molar-refractivity contribution in [2.24, 2.45) is 0 Å². The summed E-state index contributed by atoms with van der Waals surface area (Å²) in [6.07, 6.45) is 0. The maximum atomic E-state index is 15.0. The maximum absolute atomic E-state index is 15.0. The zero-order chi connectivity index (χ0) is 43.0. The lowest BCUT2D eigenvalue weighted by atomic mass is 9.75. The Hall–Kier alpha value is -7.12. The SMILES string of the molecule is CC(C)(C)c1c(-c2ccc(F)cc2)c(-n2c3ccccc3c3c4sc5ccccc5c4ccc32)cc(-n2c3ccccc3c3c4sc5ccccc5c4ccc32)c1-c1ccc(F)cc1. The van der Waals surface area contributed by atoms with Gasteiger partial charge in [-0.05, 0) is 88.8 Å². The molecule has 0 fully saturated rings. The molecule has 0 aliphatic heterocycles. The summed E-state index contributed by atoms with van der Waals surface area (Å²) in [6, 6.07) is 60.2. The van der Waals surface area contributed by atoms with Gasteiger partial charge in [-0.15, -0.1) is 22.7 Å². The monoisotopic (exact) mass is 864 g/mol. The van der Waals surface area contributed by atoms with Gasteiger partial charge >= 0.3 is 0 Å². The molecule has 2 nitrogen and oxygen atoms in total. The van der Waals surface area contributed by atoms with Gasteiger partial charge in [0.05, 0.1) is 33.4 Å². The number of aromatic nitrogens is 2. The molecule has 306 valence electrons. The van der Waals surface area contributed by atoms with Crippen molar-refractivity contribution in [2.45, 2.75) is 26.2 Å². The highest BCUT2D eigenvalue weighted by atomic mass is 32.1. The molecule has 0 saturated heterocycles. The van der Waals surface area contributed by atoms with Crippen LogP contribution in [0.4, 0.5) is 8.78 Å². The summed E-state index contributed by atoms with van der Waals surface area (Å²) in [5, 5.41) is 9.78. The molecule has 0 bridgehead atoms. The Morgan fingerprint density at radius 3 is 1.20 bits per heavy atom. The first-order valence-corrected chi connectivity index (χ1v) is 23.3. The van der Waals surface area contributed by atoms with Gasteiger partial charge in [0, 0.05) is 73.0 Å². The minimum absolute atomic E-state index is 0.292. The fourth-order valence-corrected chi connectivity index (χ4v) is 13.1. The second kappa shape index (κ2) is 13.7. The number of hydrogen-bond donors (Lipinski definition) is 0. The van der Waals surface area contributed by atoms with Gasteiger partial charge in [-0.1, -0.05) is 130 Å². The Labute approximate surface area is 375 Å². The smallest absolute Gasteiger partial charge is 0.123 e. The van der Waals surface area contributed by atoms with Crippen molar-refractivity contribution in [3.63, 3.8) is 0 Å². The molecule has 0 radical (unpaired) electrons. The topological polar surface area (TPSA) is 9.86 Å². The predicted molar refractivity (Wildman–Crippen MR) is 270 cm³/mol.